The van der Waals surface area contributed by atoms with Crippen molar-refractivity contribution in [2.24, 2.45) is 5.92 Å². The quantitative estimate of drug-likeness (QED) is 0.502. The third kappa shape index (κ3) is 5.92. The van der Waals surface area contributed by atoms with Crippen LogP contribution in [-0.4, -0.2) is 84.2 Å². The minimum absolute atomic E-state index is 0.153. The van der Waals surface area contributed by atoms with Crippen LogP contribution >= 0.6 is 0 Å². The van der Waals surface area contributed by atoms with Crippen molar-refractivity contribution in [2.75, 3.05) is 52.5 Å². The second-order valence-electron chi connectivity index (χ2n) is 8.38. The first-order chi connectivity index (χ1) is 14.5. The van der Waals surface area contributed by atoms with Crippen LogP contribution < -0.4 is 0 Å². The average molecular weight is 419 g/mol. The number of nitrogens with zero attached hydrogens (tertiary/aromatic N) is 4. The molecule has 0 aliphatic carbocycles. The molecule has 0 unspecified atom stereocenters. The van der Waals surface area contributed by atoms with Crippen molar-refractivity contribution in [1.82, 2.24) is 14.7 Å². The highest BCUT2D eigenvalue weighted by molar-refractivity contribution is 5.74. The number of carbonyl (C=O) groups excluding carboxylic acids is 1. The summed E-state index contributed by atoms with van der Waals surface area (Å²) >= 11 is 0. The van der Waals surface area contributed by atoms with Gasteiger partial charge in [-0.2, -0.15) is 0 Å². The van der Waals surface area contributed by atoms with E-state index in [9.17, 15) is 14.9 Å². The number of ether oxygens (including phenoxy) is 1. The monoisotopic (exact) mass is 418 g/mol. The zero-order valence-electron chi connectivity index (χ0n) is 18.2. The van der Waals surface area contributed by atoms with Crippen molar-refractivity contribution in [1.29, 1.82) is 0 Å². The Morgan fingerprint density at radius 1 is 1.23 bits per heavy atom. The van der Waals surface area contributed by atoms with Crippen molar-refractivity contribution >= 4 is 11.7 Å². The third-order valence-corrected chi connectivity index (χ3v) is 6.34. The lowest BCUT2D eigenvalue weighted by Gasteiger charge is -2.39. The standard InChI is InChI=1S/C22H34N4O4/c1-3-23(18(2)15-20-5-4-6-21(16-20)26(28)29)17-19-7-9-24(10-8-19)22(27)25-11-13-30-14-12-25/h4-6,16,18-19H,3,7-15,17H2,1-2H3/t18-/m0/s1. The SMILES string of the molecule is CCN(CC1CCN(C(=O)N2CCOCC2)CC1)[C@@H](C)Cc1cccc([N+](=O)[O-])c1. The van der Waals surface area contributed by atoms with Gasteiger partial charge in [0.05, 0.1) is 18.1 Å². The maximum absolute atomic E-state index is 12.7. The number of rotatable bonds is 7. The molecule has 2 heterocycles. The summed E-state index contributed by atoms with van der Waals surface area (Å²) in [6.45, 7) is 10.6. The number of nitro groups is 1. The van der Waals surface area contributed by atoms with Gasteiger partial charge in [0.25, 0.3) is 5.69 Å². The van der Waals surface area contributed by atoms with E-state index in [-0.39, 0.29) is 16.6 Å². The first-order valence-electron chi connectivity index (χ1n) is 11.1. The van der Waals surface area contributed by atoms with Gasteiger partial charge in [-0.05, 0) is 44.2 Å². The summed E-state index contributed by atoms with van der Waals surface area (Å²) in [6.07, 6.45) is 2.84. The van der Waals surface area contributed by atoms with Gasteiger partial charge in [0, 0.05) is 50.9 Å². The maximum atomic E-state index is 12.7. The lowest BCUT2D eigenvalue weighted by molar-refractivity contribution is -0.384. The van der Waals surface area contributed by atoms with Gasteiger partial charge < -0.3 is 19.4 Å². The van der Waals surface area contributed by atoms with Gasteiger partial charge in [0.1, 0.15) is 0 Å². The Morgan fingerprint density at radius 3 is 2.53 bits per heavy atom. The van der Waals surface area contributed by atoms with Gasteiger partial charge in [0.15, 0.2) is 0 Å². The number of piperidine rings is 1. The van der Waals surface area contributed by atoms with Crippen LogP contribution in [0.5, 0.6) is 0 Å². The lowest BCUT2D eigenvalue weighted by atomic mass is 9.95. The molecule has 0 N–H and O–H groups in total. The van der Waals surface area contributed by atoms with Gasteiger partial charge >= 0.3 is 6.03 Å². The number of likely N-dealkylation sites (N-methyl/N-ethyl adjacent to an activating group) is 1. The predicted molar refractivity (Wildman–Crippen MR) is 116 cm³/mol. The van der Waals surface area contributed by atoms with Crippen LogP contribution in [0, 0.1) is 16.0 Å². The van der Waals surface area contributed by atoms with Crippen LogP contribution in [0.2, 0.25) is 0 Å². The second-order valence-corrected chi connectivity index (χ2v) is 8.38. The highest BCUT2D eigenvalue weighted by Crippen LogP contribution is 2.22. The summed E-state index contributed by atoms with van der Waals surface area (Å²) in [5.74, 6) is 0.575. The molecule has 1 atom stereocenters. The number of amides is 2. The number of non-ortho nitro benzene ring substituents is 1. The van der Waals surface area contributed by atoms with Crippen LogP contribution in [0.1, 0.15) is 32.3 Å². The van der Waals surface area contributed by atoms with E-state index in [1.165, 1.54) is 6.07 Å². The van der Waals surface area contributed by atoms with E-state index in [1.807, 2.05) is 15.9 Å². The molecular formula is C22H34N4O4. The highest BCUT2D eigenvalue weighted by atomic mass is 16.6. The van der Waals surface area contributed by atoms with E-state index in [4.69, 9.17) is 4.74 Å². The molecule has 8 heteroatoms. The summed E-state index contributed by atoms with van der Waals surface area (Å²) < 4.78 is 5.34. The molecule has 1 aromatic carbocycles. The summed E-state index contributed by atoms with van der Waals surface area (Å²) in [5.41, 5.74) is 1.15. The summed E-state index contributed by atoms with van der Waals surface area (Å²) in [6, 6.07) is 7.41. The number of carbonyl (C=O) groups is 1. The number of morpholine rings is 1. The van der Waals surface area contributed by atoms with Crippen molar-refractivity contribution in [2.45, 2.75) is 39.2 Å². The molecule has 2 aliphatic heterocycles. The Bertz CT molecular complexity index is 715. The highest BCUT2D eigenvalue weighted by Gasteiger charge is 2.28. The molecule has 1 aromatic rings. The fourth-order valence-corrected chi connectivity index (χ4v) is 4.48. The molecule has 0 spiro atoms. The molecule has 0 bridgehead atoms. The molecule has 8 nitrogen and oxygen atoms in total. The van der Waals surface area contributed by atoms with Gasteiger partial charge in [-0.3, -0.25) is 10.1 Å². The van der Waals surface area contributed by atoms with Gasteiger partial charge in [0.2, 0.25) is 0 Å². The lowest BCUT2D eigenvalue weighted by Crippen LogP contribution is -2.51. The number of benzene rings is 1. The number of urea groups is 1. The van der Waals surface area contributed by atoms with Gasteiger partial charge in [-0.15, -0.1) is 0 Å². The number of nitro benzene ring substituents is 1. The Balaban J connectivity index is 1.48. The first kappa shape index (κ1) is 22.5. The normalized spacial score (nSPS) is 19.2. The fourth-order valence-electron chi connectivity index (χ4n) is 4.48. The maximum Gasteiger partial charge on any atom is 0.320 e. The minimum Gasteiger partial charge on any atom is -0.378 e. The number of hydrogen-bond acceptors (Lipinski definition) is 5. The molecule has 2 amide bonds. The molecule has 0 aromatic heterocycles. The first-order valence-corrected chi connectivity index (χ1v) is 11.1. The third-order valence-electron chi connectivity index (χ3n) is 6.34. The largest absolute Gasteiger partial charge is 0.378 e. The summed E-state index contributed by atoms with van der Waals surface area (Å²) in [5, 5.41) is 11.0. The molecule has 3 rings (SSSR count). The smallest absolute Gasteiger partial charge is 0.320 e. The zero-order valence-corrected chi connectivity index (χ0v) is 18.2. The van der Waals surface area contributed by atoms with Crippen molar-refractivity contribution in [3.05, 3.63) is 39.9 Å². The molecule has 2 saturated heterocycles. The van der Waals surface area contributed by atoms with E-state index >= 15 is 0 Å². The zero-order chi connectivity index (χ0) is 21.5. The predicted octanol–water partition coefficient (Wildman–Crippen LogP) is 3.01. The molecular weight excluding hydrogens is 384 g/mol. The second kappa shape index (κ2) is 10.7. The van der Waals surface area contributed by atoms with E-state index in [2.05, 4.69) is 18.7 Å². The van der Waals surface area contributed by atoms with Crippen LogP contribution in [-0.2, 0) is 11.2 Å². The molecule has 2 aliphatic rings. The fraction of sp³-hybridized carbons (Fsp3) is 0.682. The van der Waals surface area contributed by atoms with Gasteiger partial charge in [-0.1, -0.05) is 19.1 Å². The van der Waals surface area contributed by atoms with Crippen molar-refractivity contribution in [3.63, 3.8) is 0 Å². The van der Waals surface area contributed by atoms with E-state index < -0.39 is 0 Å². The summed E-state index contributed by atoms with van der Waals surface area (Å²) in [4.78, 5) is 29.7. The van der Waals surface area contributed by atoms with Crippen LogP contribution in [0.4, 0.5) is 10.5 Å². The number of hydrogen-bond donors (Lipinski definition) is 0. The average Bonchev–Trinajstić information content (AvgIpc) is 2.78. The van der Waals surface area contributed by atoms with Gasteiger partial charge in [-0.25, -0.2) is 4.79 Å². The van der Waals surface area contributed by atoms with E-state index in [1.54, 1.807) is 12.1 Å². The van der Waals surface area contributed by atoms with Crippen molar-refractivity contribution < 1.29 is 14.5 Å². The Morgan fingerprint density at radius 2 is 1.90 bits per heavy atom. The minimum atomic E-state index is -0.336. The molecule has 0 saturated carbocycles. The molecule has 30 heavy (non-hydrogen) atoms. The number of likely N-dealkylation sites (tertiary alicyclic amines) is 1. The van der Waals surface area contributed by atoms with E-state index in [0.717, 1.165) is 51.0 Å². The Labute approximate surface area is 178 Å². The summed E-state index contributed by atoms with van der Waals surface area (Å²) in [7, 11) is 0. The van der Waals surface area contributed by atoms with Crippen LogP contribution in [0.3, 0.4) is 0 Å². The van der Waals surface area contributed by atoms with Crippen LogP contribution in [0.25, 0.3) is 0 Å². The molecule has 166 valence electrons. The Hall–Kier alpha value is -2.19. The topological polar surface area (TPSA) is 79.2 Å². The molecule has 0 radical (unpaired) electrons. The Kier molecular flexibility index (Phi) is 8.04. The van der Waals surface area contributed by atoms with Crippen LogP contribution in [0.15, 0.2) is 24.3 Å². The molecule has 2 fully saturated rings. The van der Waals surface area contributed by atoms with Crippen molar-refractivity contribution in [3.8, 4) is 0 Å². The van der Waals surface area contributed by atoms with E-state index in [0.29, 0.717) is 38.3 Å².